The van der Waals surface area contributed by atoms with Gasteiger partial charge in [-0.15, -0.1) is 0 Å². The Bertz CT molecular complexity index is 512. The fourth-order valence-corrected chi connectivity index (χ4v) is 3.94. The Balaban J connectivity index is 0.000000201. The van der Waals surface area contributed by atoms with E-state index in [0.29, 0.717) is 50.3 Å². The van der Waals surface area contributed by atoms with Crippen molar-refractivity contribution < 1.29 is 28.8 Å². The second kappa shape index (κ2) is 8.38. The molecule has 0 radical (unpaired) electrons. The SMILES string of the molecule is C=C(C)C(=O)OC1CC2(CCC1O)OCCCO2.CC1CCC2OC2C1. The summed E-state index contributed by atoms with van der Waals surface area (Å²) in [5.41, 5.74) is 0.326. The fourth-order valence-electron chi connectivity index (χ4n) is 3.94. The molecule has 0 amide bonds. The first-order valence-electron chi connectivity index (χ1n) is 9.86. The van der Waals surface area contributed by atoms with Gasteiger partial charge in [-0.05, 0) is 44.9 Å². The maximum atomic E-state index is 11.5. The highest BCUT2D eigenvalue weighted by Gasteiger charge is 2.45. The van der Waals surface area contributed by atoms with Crippen molar-refractivity contribution in [1.82, 2.24) is 0 Å². The molecule has 5 unspecified atom stereocenters. The van der Waals surface area contributed by atoms with Crippen LogP contribution >= 0.6 is 0 Å². The van der Waals surface area contributed by atoms with Crippen molar-refractivity contribution in [1.29, 1.82) is 0 Å². The minimum atomic E-state index is -0.683. The number of esters is 1. The zero-order valence-electron chi connectivity index (χ0n) is 15.9. The lowest BCUT2D eigenvalue weighted by atomic mass is 9.88. The number of hydrogen-bond acceptors (Lipinski definition) is 6. The number of rotatable bonds is 2. The lowest BCUT2D eigenvalue weighted by molar-refractivity contribution is -0.299. The van der Waals surface area contributed by atoms with Crippen LogP contribution in [0.15, 0.2) is 12.2 Å². The van der Waals surface area contributed by atoms with Gasteiger partial charge in [-0.1, -0.05) is 13.5 Å². The smallest absolute Gasteiger partial charge is 0.333 e. The zero-order chi connectivity index (χ0) is 18.7. The first-order valence-corrected chi connectivity index (χ1v) is 9.86. The monoisotopic (exact) mass is 368 g/mol. The van der Waals surface area contributed by atoms with Crippen LogP contribution in [0.3, 0.4) is 0 Å². The molecule has 26 heavy (non-hydrogen) atoms. The number of epoxide rings is 1. The van der Waals surface area contributed by atoms with Gasteiger partial charge in [0.15, 0.2) is 5.79 Å². The number of hydrogen-bond donors (Lipinski definition) is 1. The van der Waals surface area contributed by atoms with Crippen molar-refractivity contribution in [2.24, 2.45) is 5.92 Å². The Kier molecular flexibility index (Phi) is 6.38. The first kappa shape index (κ1) is 19.8. The van der Waals surface area contributed by atoms with Gasteiger partial charge < -0.3 is 24.1 Å². The van der Waals surface area contributed by atoms with E-state index in [-0.39, 0.29) is 0 Å². The van der Waals surface area contributed by atoms with Crippen molar-refractivity contribution in [3.05, 3.63) is 12.2 Å². The van der Waals surface area contributed by atoms with Crippen LogP contribution in [0.2, 0.25) is 0 Å². The predicted octanol–water partition coefficient (Wildman–Crippen LogP) is 2.73. The number of ether oxygens (including phenoxy) is 4. The Labute approximate surface area is 155 Å². The van der Waals surface area contributed by atoms with Crippen molar-refractivity contribution >= 4 is 5.97 Å². The molecule has 2 aliphatic heterocycles. The summed E-state index contributed by atoms with van der Waals surface area (Å²) in [4.78, 5) is 11.5. The molecular formula is C20H32O6. The topological polar surface area (TPSA) is 77.5 Å². The number of carbonyl (C=O) groups is 1. The molecule has 4 rings (SSSR count). The van der Waals surface area contributed by atoms with Crippen LogP contribution in [0.5, 0.6) is 0 Å². The molecule has 0 aromatic rings. The molecule has 2 heterocycles. The molecule has 2 saturated heterocycles. The van der Waals surface area contributed by atoms with E-state index >= 15 is 0 Å². The molecule has 4 fully saturated rings. The Morgan fingerprint density at radius 3 is 2.54 bits per heavy atom. The summed E-state index contributed by atoms with van der Waals surface area (Å²) < 4.78 is 22.0. The van der Waals surface area contributed by atoms with Gasteiger partial charge in [-0.3, -0.25) is 0 Å². The van der Waals surface area contributed by atoms with Crippen LogP contribution in [0.1, 0.15) is 58.8 Å². The summed E-state index contributed by atoms with van der Waals surface area (Å²) in [5.74, 6) is -0.233. The Morgan fingerprint density at radius 1 is 1.19 bits per heavy atom. The van der Waals surface area contributed by atoms with Gasteiger partial charge in [-0.25, -0.2) is 4.79 Å². The third-order valence-electron chi connectivity index (χ3n) is 5.65. The fraction of sp³-hybridized carbons (Fsp3) is 0.850. The second-order valence-corrected chi connectivity index (χ2v) is 8.13. The normalized spacial score (nSPS) is 37.7. The second-order valence-electron chi connectivity index (χ2n) is 8.13. The molecule has 4 aliphatic rings. The highest BCUT2D eigenvalue weighted by atomic mass is 16.7. The summed E-state index contributed by atoms with van der Waals surface area (Å²) in [6, 6.07) is 0. The van der Waals surface area contributed by atoms with Crippen molar-refractivity contribution in [2.45, 2.75) is 89.0 Å². The molecule has 6 nitrogen and oxygen atoms in total. The highest BCUT2D eigenvalue weighted by molar-refractivity contribution is 5.87. The largest absolute Gasteiger partial charge is 0.456 e. The maximum Gasteiger partial charge on any atom is 0.333 e. The molecule has 0 bridgehead atoms. The van der Waals surface area contributed by atoms with Crippen LogP contribution in [0.25, 0.3) is 0 Å². The van der Waals surface area contributed by atoms with Gasteiger partial charge in [0.05, 0.1) is 31.5 Å². The summed E-state index contributed by atoms with van der Waals surface area (Å²) in [5, 5.41) is 9.90. The minimum absolute atomic E-state index is 0.326. The molecule has 148 valence electrons. The van der Waals surface area contributed by atoms with Gasteiger partial charge in [0.1, 0.15) is 6.10 Å². The van der Waals surface area contributed by atoms with E-state index in [9.17, 15) is 9.90 Å². The number of aliphatic hydroxyl groups is 1. The molecule has 0 aromatic heterocycles. The molecular weight excluding hydrogens is 336 g/mol. The van der Waals surface area contributed by atoms with Gasteiger partial charge in [0.2, 0.25) is 0 Å². The molecule has 1 spiro atoms. The van der Waals surface area contributed by atoms with Gasteiger partial charge in [-0.2, -0.15) is 0 Å². The van der Waals surface area contributed by atoms with E-state index in [1.54, 1.807) is 6.92 Å². The summed E-state index contributed by atoms with van der Waals surface area (Å²) >= 11 is 0. The van der Waals surface area contributed by atoms with E-state index < -0.39 is 24.0 Å². The number of aliphatic hydroxyl groups excluding tert-OH is 1. The number of carbonyl (C=O) groups excluding carboxylic acids is 1. The lowest BCUT2D eigenvalue weighted by Gasteiger charge is -2.44. The van der Waals surface area contributed by atoms with E-state index in [4.69, 9.17) is 18.9 Å². The summed E-state index contributed by atoms with van der Waals surface area (Å²) in [7, 11) is 0. The van der Waals surface area contributed by atoms with Gasteiger partial charge in [0.25, 0.3) is 0 Å². The van der Waals surface area contributed by atoms with E-state index in [1.807, 2.05) is 0 Å². The Morgan fingerprint density at radius 2 is 1.92 bits per heavy atom. The first-order chi connectivity index (χ1) is 12.4. The molecule has 1 N–H and O–H groups in total. The third kappa shape index (κ3) is 5.06. The van der Waals surface area contributed by atoms with E-state index in [0.717, 1.165) is 12.3 Å². The van der Waals surface area contributed by atoms with Crippen molar-refractivity contribution in [2.75, 3.05) is 13.2 Å². The van der Waals surface area contributed by atoms with Crippen LogP contribution in [0.4, 0.5) is 0 Å². The molecule has 2 saturated carbocycles. The third-order valence-corrected chi connectivity index (χ3v) is 5.65. The van der Waals surface area contributed by atoms with Crippen LogP contribution in [-0.2, 0) is 23.7 Å². The van der Waals surface area contributed by atoms with Crippen LogP contribution in [-0.4, -0.2) is 54.5 Å². The van der Waals surface area contributed by atoms with Gasteiger partial charge >= 0.3 is 5.97 Å². The van der Waals surface area contributed by atoms with Crippen LogP contribution in [0, 0.1) is 5.92 Å². The highest BCUT2D eigenvalue weighted by Crippen LogP contribution is 2.39. The maximum absolute atomic E-state index is 11.5. The standard InChI is InChI=1S/C13H20O5.C7H12O/c1-9(2)12(15)18-11-8-13(5-4-10(11)14)16-6-3-7-17-13;1-5-2-3-6-7(4-5)8-6/h10-11,14H,1,3-8H2,2H3;5-7H,2-4H2,1H3. The van der Waals surface area contributed by atoms with Crippen molar-refractivity contribution in [3.8, 4) is 0 Å². The molecule has 0 aromatic carbocycles. The van der Waals surface area contributed by atoms with Crippen molar-refractivity contribution in [3.63, 3.8) is 0 Å². The number of fused-ring (bicyclic) bond motifs is 1. The minimum Gasteiger partial charge on any atom is -0.456 e. The average Bonchev–Trinajstić information content (AvgIpc) is 3.38. The summed E-state index contributed by atoms with van der Waals surface area (Å²) in [6.45, 7) is 8.73. The van der Waals surface area contributed by atoms with Gasteiger partial charge in [0, 0.05) is 18.4 Å². The Hall–Kier alpha value is -0.950. The molecule has 6 heteroatoms. The van der Waals surface area contributed by atoms with E-state index in [2.05, 4.69) is 13.5 Å². The van der Waals surface area contributed by atoms with Crippen LogP contribution < -0.4 is 0 Å². The lowest BCUT2D eigenvalue weighted by Crippen LogP contribution is -2.51. The predicted molar refractivity (Wildman–Crippen MR) is 95.5 cm³/mol. The average molecular weight is 368 g/mol. The molecule has 2 aliphatic carbocycles. The quantitative estimate of drug-likeness (QED) is 0.459. The molecule has 5 atom stereocenters. The summed E-state index contributed by atoms with van der Waals surface area (Å²) in [6.07, 6.45) is 6.56. The van der Waals surface area contributed by atoms with E-state index in [1.165, 1.54) is 19.3 Å². The zero-order valence-corrected chi connectivity index (χ0v) is 15.9.